The van der Waals surface area contributed by atoms with Crippen LogP contribution in [0.4, 0.5) is 0 Å². The molecule has 5 heteroatoms. The first-order valence-electron chi connectivity index (χ1n) is 5.23. The maximum atomic E-state index is 11.4. The number of esters is 1. The second kappa shape index (κ2) is 5.12. The van der Waals surface area contributed by atoms with Gasteiger partial charge in [0.15, 0.2) is 0 Å². The summed E-state index contributed by atoms with van der Waals surface area (Å²) < 4.78 is 6.53. The number of methoxy groups -OCH3 is 1. The van der Waals surface area contributed by atoms with E-state index in [-0.39, 0.29) is 5.97 Å². The molecule has 0 aliphatic heterocycles. The molecule has 1 aromatic rings. The molecule has 0 atom stereocenters. The molecule has 1 heterocycles. The van der Waals surface area contributed by atoms with Gasteiger partial charge in [-0.25, -0.2) is 0 Å². The van der Waals surface area contributed by atoms with Crippen LogP contribution in [0.25, 0.3) is 0 Å². The van der Waals surface area contributed by atoms with Crippen LogP contribution < -0.4 is 5.32 Å². The molecule has 90 valence electrons. The lowest BCUT2D eigenvalue weighted by Gasteiger charge is -2.21. The van der Waals surface area contributed by atoms with Crippen LogP contribution in [0.1, 0.15) is 19.5 Å². The molecule has 1 N–H and O–H groups in total. The average molecular weight is 225 g/mol. The van der Waals surface area contributed by atoms with E-state index in [9.17, 15) is 4.79 Å². The first-order valence-corrected chi connectivity index (χ1v) is 5.23. The molecule has 0 radical (unpaired) electrons. The Morgan fingerprint density at radius 1 is 1.62 bits per heavy atom. The number of nitrogens with zero attached hydrogens (tertiary/aromatic N) is 2. The number of carbonyl (C=O) groups excluding carboxylic acids is 1. The Bertz CT molecular complexity index is 358. The fourth-order valence-corrected chi connectivity index (χ4v) is 1.43. The summed E-state index contributed by atoms with van der Waals surface area (Å²) in [6.45, 7) is 4.98. The molecule has 0 fully saturated rings. The van der Waals surface area contributed by atoms with Gasteiger partial charge < -0.3 is 10.1 Å². The Morgan fingerprint density at radius 2 is 2.31 bits per heavy atom. The molecule has 0 saturated carbocycles. The van der Waals surface area contributed by atoms with Crippen molar-refractivity contribution in [3.8, 4) is 0 Å². The lowest BCUT2D eigenvalue weighted by Crippen LogP contribution is -2.36. The number of hydrogen-bond acceptors (Lipinski definition) is 4. The van der Waals surface area contributed by atoms with Gasteiger partial charge in [-0.15, -0.1) is 0 Å². The van der Waals surface area contributed by atoms with E-state index in [1.807, 2.05) is 27.0 Å². The number of rotatable bonds is 5. The number of nitrogens with one attached hydrogen (secondary N) is 1. The Kier molecular flexibility index (Phi) is 4.06. The smallest absolute Gasteiger partial charge is 0.312 e. The second-order valence-corrected chi connectivity index (χ2v) is 4.43. The maximum Gasteiger partial charge on any atom is 0.312 e. The van der Waals surface area contributed by atoms with Gasteiger partial charge in [0, 0.05) is 26.3 Å². The Morgan fingerprint density at radius 3 is 2.81 bits per heavy atom. The second-order valence-electron chi connectivity index (χ2n) is 4.43. The van der Waals surface area contributed by atoms with E-state index >= 15 is 0 Å². The molecule has 5 nitrogen and oxygen atoms in total. The highest BCUT2D eigenvalue weighted by Crippen LogP contribution is 2.15. The summed E-state index contributed by atoms with van der Waals surface area (Å²) >= 11 is 0. The van der Waals surface area contributed by atoms with Crippen molar-refractivity contribution in [2.75, 3.05) is 13.7 Å². The minimum Gasteiger partial charge on any atom is -0.469 e. The summed E-state index contributed by atoms with van der Waals surface area (Å²) in [6, 6.07) is 1.94. The number of aryl methyl sites for hydroxylation is 1. The van der Waals surface area contributed by atoms with Crippen molar-refractivity contribution in [1.29, 1.82) is 0 Å². The summed E-state index contributed by atoms with van der Waals surface area (Å²) in [5.41, 5.74) is 0.577. The Labute approximate surface area is 95.8 Å². The van der Waals surface area contributed by atoms with Gasteiger partial charge in [0.05, 0.1) is 18.2 Å². The van der Waals surface area contributed by atoms with Gasteiger partial charge in [-0.3, -0.25) is 9.48 Å². The molecule has 0 unspecified atom stereocenters. The molecule has 0 aromatic carbocycles. The lowest BCUT2D eigenvalue weighted by molar-refractivity contribution is -0.150. The fourth-order valence-electron chi connectivity index (χ4n) is 1.43. The minimum absolute atomic E-state index is 0.204. The third kappa shape index (κ3) is 3.06. The lowest BCUT2D eigenvalue weighted by atomic mass is 9.94. The van der Waals surface area contributed by atoms with Crippen LogP contribution in [-0.4, -0.2) is 29.4 Å². The van der Waals surface area contributed by atoms with Gasteiger partial charge in [0.1, 0.15) is 0 Å². The van der Waals surface area contributed by atoms with Crippen molar-refractivity contribution in [2.45, 2.75) is 20.4 Å². The van der Waals surface area contributed by atoms with Gasteiger partial charge in [-0.1, -0.05) is 0 Å². The van der Waals surface area contributed by atoms with E-state index < -0.39 is 5.41 Å². The molecular weight excluding hydrogens is 206 g/mol. The normalized spacial score (nSPS) is 11.5. The first-order chi connectivity index (χ1) is 7.47. The standard InChI is InChI=1S/C11H19N3O2/c1-11(2,10(15)16-4)8-12-7-9-5-6-13-14(9)3/h5-6,12H,7-8H2,1-4H3. The van der Waals surface area contributed by atoms with E-state index in [1.54, 1.807) is 10.9 Å². The summed E-state index contributed by atoms with van der Waals surface area (Å²) in [7, 11) is 3.30. The van der Waals surface area contributed by atoms with Gasteiger partial charge in [-0.2, -0.15) is 5.10 Å². The van der Waals surface area contributed by atoms with E-state index in [1.165, 1.54) is 7.11 Å². The number of ether oxygens (including phenoxy) is 1. The Balaban J connectivity index is 2.41. The zero-order valence-electron chi connectivity index (χ0n) is 10.3. The molecule has 0 spiro atoms. The highest BCUT2D eigenvalue weighted by atomic mass is 16.5. The maximum absolute atomic E-state index is 11.4. The van der Waals surface area contributed by atoms with E-state index in [2.05, 4.69) is 10.4 Å². The Hall–Kier alpha value is -1.36. The predicted octanol–water partition coefficient (Wildman–Crippen LogP) is 0.709. The molecule has 0 saturated heterocycles. The van der Waals surface area contributed by atoms with Crippen LogP contribution in [-0.2, 0) is 23.1 Å². The number of carbonyl (C=O) groups is 1. The van der Waals surface area contributed by atoms with Crippen molar-refractivity contribution in [3.63, 3.8) is 0 Å². The molecule has 0 amide bonds. The molecule has 0 aliphatic carbocycles. The topological polar surface area (TPSA) is 56.1 Å². The zero-order valence-corrected chi connectivity index (χ0v) is 10.3. The SMILES string of the molecule is COC(=O)C(C)(C)CNCc1ccnn1C. The molecular formula is C11H19N3O2. The van der Waals surface area contributed by atoms with E-state index in [0.29, 0.717) is 13.1 Å². The van der Waals surface area contributed by atoms with Gasteiger partial charge in [-0.05, 0) is 19.9 Å². The summed E-state index contributed by atoms with van der Waals surface area (Å²) in [5.74, 6) is -0.204. The largest absolute Gasteiger partial charge is 0.469 e. The van der Waals surface area contributed by atoms with Crippen LogP contribution in [0.3, 0.4) is 0 Å². The van der Waals surface area contributed by atoms with Crippen LogP contribution in [0.2, 0.25) is 0 Å². The van der Waals surface area contributed by atoms with Crippen LogP contribution >= 0.6 is 0 Å². The monoisotopic (exact) mass is 225 g/mol. The molecule has 1 rings (SSSR count). The third-order valence-electron chi connectivity index (χ3n) is 2.53. The van der Waals surface area contributed by atoms with Crippen molar-refractivity contribution in [2.24, 2.45) is 12.5 Å². The van der Waals surface area contributed by atoms with Crippen molar-refractivity contribution in [3.05, 3.63) is 18.0 Å². The first kappa shape index (κ1) is 12.7. The highest BCUT2D eigenvalue weighted by Gasteiger charge is 2.27. The highest BCUT2D eigenvalue weighted by molar-refractivity contribution is 5.76. The summed E-state index contributed by atoms with van der Waals surface area (Å²) in [4.78, 5) is 11.4. The quantitative estimate of drug-likeness (QED) is 0.750. The van der Waals surface area contributed by atoms with Crippen molar-refractivity contribution >= 4 is 5.97 Å². The molecule has 16 heavy (non-hydrogen) atoms. The van der Waals surface area contributed by atoms with Crippen LogP contribution in [0, 0.1) is 5.41 Å². The molecule has 1 aromatic heterocycles. The van der Waals surface area contributed by atoms with Gasteiger partial charge in [0.2, 0.25) is 0 Å². The summed E-state index contributed by atoms with van der Waals surface area (Å²) in [5, 5.41) is 7.29. The molecule has 0 bridgehead atoms. The van der Waals surface area contributed by atoms with E-state index in [4.69, 9.17) is 4.74 Å². The third-order valence-corrected chi connectivity index (χ3v) is 2.53. The minimum atomic E-state index is -0.507. The van der Waals surface area contributed by atoms with Crippen LogP contribution in [0.15, 0.2) is 12.3 Å². The molecule has 0 aliphatic rings. The fraction of sp³-hybridized carbons (Fsp3) is 0.636. The van der Waals surface area contributed by atoms with Gasteiger partial charge >= 0.3 is 5.97 Å². The number of aromatic nitrogens is 2. The zero-order chi connectivity index (χ0) is 12.2. The van der Waals surface area contributed by atoms with Crippen LogP contribution in [0.5, 0.6) is 0 Å². The average Bonchev–Trinajstić information content (AvgIpc) is 2.63. The van der Waals surface area contributed by atoms with Crippen molar-refractivity contribution < 1.29 is 9.53 Å². The predicted molar refractivity (Wildman–Crippen MR) is 60.7 cm³/mol. The summed E-state index contributed by atoms with van der Waals surface area (Å²) in [6.07, 6.45) is 1.75. The van der Waals surface area contributed by atoms with Gasteiger partial charge in [0.25, 0.3) is 0 Å². The van der Waals surface area contributed by atoms with E-state index in [0.717, 1.165) is 5.69 Å². The number of hydrogen-bond donors (Lipinski definition) is 1. The van der Waals surface area contributed by atoms with Crippen molar-refractivity contribution in [1.82, 2.24) is 15.1 Å².